The lowest BCUT2D eigenvalue weighted by Crippen LogP contribution is -2.40. The molecule has 0 saturated heterocycles. The molecule has 0 aliphatic heterocycles. The molecule has 0 unspecified atom stereocenters. The highest BCUT2D eigenvalue weighted by molar-refractivity contribution is 9.10. The van der Waals surface area contributed by atoms with Gasteiger partial charge in [0, 0.05) is 12.0 Å². The first-order valence-electron chi connectivity index (χ1n) is 6.85. The van der Waals surface area contributed by atoms with Crippen LogP contribution in [0.2, 0.25) is 0 Å². The van der Waals surface area contributed by atoms with Gasteiger partial charge in [-0.2, -0.15) is 5.10 Å². The van der Waals surface area contributed by atoms with Crippen LogP contribution < -0.4 is 5.32 Å². The maximum atomic E-state index is 12.2. The number of amides is 1. The number of aromatic amines is 1. The monoisotopic (exact) mass is 341 g/mol. The largest absolute Gasteiger partial charge is 0.481 e. The third-order valence-electron chi connectivity index (χ3n) is 4.08. The van der Waals surface area contributed by atoms with Gasteiger partial charge in [-0.05, 0) is 41.6 Å². The highest BCUT2D eigenvalue weighted by atomic mass is 79.9. The van der Waals surface area contributed by atoms with Gasteiger partial charge in [-0.3, -0.25) is 14.7 Å². The summed E-state index contributed by atoms with van der Waals surface area (Å²) in [6.07, 6.45) is 4.39. The van der Waals surface area contributed by atoms with Gasteiger partial charge in [-0.25, -0.2) is 0 Å². The molecule has 1 aromatic heterocycles. The molecule has 0 bridgehead atoms. The molecular formula is C13H16BrN3O3. The van der Waals surface area contributed by atoms with Crippen molar-refractivity contribution in [1.82, 2.24) is 15.5 Å². The summed E-state index contributed by atoms with van der Waals surface area (Å²) in [4.78, 5) is 23.3. The first-order valence-corrected chi connectivity index (χ1v) is 7.64. The lowest BCUT2D eigenvalue weighted by atomic mass is 10.0. The van der Waals surface area contributed by atoms with Crippen LogP contribution in [0.1, 0.15) is 54.2 Å². The number of carboxylic acids is 1. The lowest BCUT2D eigenvalue weighted by molar-refractivity contribution is -0.142. The summed E-state index contributed by atoms with van der Waals surface area (Å²) in [5.74, 6) is -1.16. The van der Waals surface area contributed by atoms with Crippen molar-refractivity contribution in [3.63, 3.8) is 0 Å². The van der Waals surface area contributed by atoms with Gasteiger partial charge < -0.3 is 10.4 Å². The summed E-state index contributed by atoms with van der Waals surface area (Å²) in [5.41, 5.74) is 1.29. The summed E-state index contributed by atoms with van der Waals surface area (Å²) in [6, 6.07) is -0.298. The van der Waals surface area contributed by atoms with Crippen LogP contribution in [-0.2, 0) is 4.79 Å². The van der Waals surface area contributed by atoms with Gasteiger partial charge in [0.2, 0.25) is 0 Å². The minimum absolute atomic E-state index is 0.298. The Balaban J connectivity index is 1.71. The normalized spacial score (nSPS) is 25.6. The fourth-order valence-electron chi connectivity index (χ4n) is 2.80. The van der Waals surface area contributed by atoms with Gasteiger partial charge in [0.1, 0.15) is 0 Å². The van der Waals surface area contributed by atoms with Crippen LogP contribution in [-0.4, -0.2) is 33.2 Å². The molecule has 1 amide bonds. The number of carboxylic acid groups (broad SMARTS) is 1. The summed E-state index contributed by atoms with van der Waals surface area (Å²) in [5, 5.41) is 18.9. The first-order chi connectivity index (χ1) is 9.58. The number of carbonyl (C=O) groups excluding carboxylic acids is 1. The van der Waals surface area contributed by atoms with Crippen LogP contribution in [0.4, 0.5) is 0 Å². The summed E-state index contributed by atoms with van der Waals surface area (Å²) in [7, 11) is 0. The second-order valence-corrected chi connectivity index (χ2v) is 6.32. The Morgan fingerprint density at radius 2 is 2.05 bits per heavy atom. The smallest absolute Gasteiger partial charge is 0.308 e. The molecule has 2 aliphatic rings. The topological polar surface area (TPSA) is 95.1 Å². The minimum Gasteiger partial charge on any atom is -0.481 e. The number of halogens is 1. The van der Waals surface area contributed by atoms with Crippen LogP contribution in [0.15, 0.2) is 4.47 Å². The summed E-state index contributed by atoms with van der Waals surface area (Å²) in [6.45, 7) is 0. The molecule has 108 valence electrons. The third kappa shape index (κ3) is 2.46. The standard InChI is InChI=1S/C13H16BrN3O3/c14-9-10(6-4-5-6)16-17-11(9)12(18)15-8-3-1-2-7(8)13(19)20/h6-8H,1-5H2,(H,15,18)(H,16,17)(H,19,20)/t7-,8+/m1/s1. The molecule has 3 N–H and O–H groups in total. The minimum atomic E-state index is -0.840. The Hall–Kier alpha value is -1.37. The molecule has 20 heavy (non-hydrogen) atoms. The Labute approximate surface area is 124 Å². The van der Waals surface area contributed by atoms with E-state index in [1.54, 1.807) is 0 Å². The molecular weight excluding hydrogens is 326 g/mol. The quantitative estimate of drug-likeness (QED) is 0.780. The van der Waals surface area contributed by atoms with E-state index in [1.807, 2.05) is 0 Å². The van der Waals surface area contributed by atoms with E-state index in [4.69, 9.17) is 5.11 Å². The molecule has 2 fully saturated rings. The molecule has 1 aromatic rings. The second kappa shape index (κ2) is 5.20. The van der Waals surface area contributed by atoms with Crippen LogP contribution >= 0.6 is 15.9 Å². The van der Waals surface area contributed by atoms with Gasteiger partial charge in [0.15, 0.2) is 5.69 Å². The van der Waals surface area contributed by atoms with Gasteiger partial charge >= 0.3 is 5.97 Å². The number of hydrogen-bond acceptors (Lipinski definition) is 3. The molecule has 2 atom stereocenters. The molecule has 7 heteroatoms. The summed E-state index contributed by atoms with van der Waals surface area (Å²) < 4.78 is 0.711. The highest BCUT2D eigenvalue weighted by Gasteiger charge is 2.35. The predicted molar refractivity (Wildman–Crippen MR) is 74.5 cm³/mol. The van der Waals surface area contributed by atoms with Crippen molar-refractivity contribution >= 4 is 27.8 Å². The van der Waals surface area contributed by atoms with E-state index in [0.29, 0.717) is 28.9 Å². The number of H-pyrrole nitrogens is 1. The van der Waals surface area contributed by atoms with Gasteiger partial charge in [-0.15, -0.1) is 0 Å². The number of nitrogens with zero attached hydrogens (tertiary/aromatic N) is 1. The molecule has 0 radical (unpaired) electrons. The molecule has 3 rings (SSSR count). The van der Waals surface area contributed by atoms with E-state index in [9.17, 15) is 9.59 Å². The lowest BCUT2D eigenvalue weighted by Gasteiger charge is -2.16. The number of aromatic nitrogens is 2. The highest BCUT2D eigenvalue weighted by Crippen LogP contribution is 2.42. The Bertz CT molecular complexity index is 553. The average Bonchev–Trinajstić information content (AvgIpc) is 3.00. The Morgan fingerprint density at radius 3 is 2.70 bits per heavy atom. The van der Waals surface area contributed by atoms with E-state index >= 15 is 0 Å². The van der Waals surface area contributed by atoms with Crippen LogP contribution in [0.5, 0.6) is 0 Å². The second-order valence-electron chi connectivity index (χ2n) is 5.53. The zero-order valence-corrected chi connectivity index (χ0v) is 12.4. The number of rotatable bonds is 4. The third-order valence-corrected chi connectivity index (χ3v) is 4.89. The van der Waals surface area contributed by atoms with E-state index < -0.39 is 11.9 Å². The SMILES string of the molecule is O=C(N[C@H]1CCC[C@H]1C(=O)O)c1n[nH]c(C2CC2)c1Br. The van der Waals surface area contributed by atoms with E-state index in [-0.39, 0.29) is 11.9 Å². The first kappa shape index (κ1) is 13.6. The Kier molecular flexibility index (Phi) is 3.54. The fourth-order valence-corrected chi connectivity index (χ4v) is 3.48. The predicted octanol–water partition coefficient (Wildman–Crippen LogP) is 2.03. The van der Waals surface area contributed by atoms with Crippen LogP contribution in [0, 0.1) is 5.92 Å². The van der Waals surface area contributed by atoms with Crippen molar-refractivity contribution in [3.05, 3.63) is 15.9 Å². The molecule has 2 aliphatic carbocycles. The molecule has 2 saturated carbocycles. The fraction of sp³-hybridized carbons (Fsp3) is 0.615. The molecule has 0 spiro atoms. The van der Waals surface area contributed by atoms with E-state index in [1.165, 1.54) is 0 Å². The number of carbonyl (C=O) groups is 2. The number of hydrogen-bond donors (Lipinski definition) is 3. The molecule has 0 aromatic carbocycles. The number of aliphatic carboxylic acids is 1. The Morgan fingerprint density at radius 1 is 1.30 bits per heavy atom. The van der Waals surface area contributed by atoms with E-state index in [2.05, 4.69) is 31.4 Å². The van der Waals surface area contributed by atoms with Crippen molar-refractivity contribution < 1.29 is 14.7 Å². The zero-order valence-electron chi connectivity index (χ0n) is 10.9. The molecule has 6 nitrogen and oxygen atoms in total. The maximum absolute atomic E-state index is 12.2. The van der Waals surface area contributed by atoms with Crippen molar-refractivity contribution in [3.8, 4) is 0 Å². The van der Waals surface area contributed by atoms with Crippen LogP contribution in [0.25, 0.3) is 0 Å². The van der Waals surface area contributed by atoms with Gasteiger partial charge in [0.25, 0.3) is 5.91 Å². The van der Waals surface area contributed by atoms with Crippen molar-refractivity contribution in [2.75, 3.05) is 0 Å². The maximum Gasteiger partial charge on any atom is 0.308 e. The van der Waals surface area contributed by atoms with Crippen LogP contribution in [0.3, 0.4) is 0 Å². The number of nitrogens with one attached hydrogen (secondary N) is 2. The van der Waals surface area contributed by atoms with Crippen molar-refractivity contribution in [2.45, 2.75) is 44.1 Å². The van der Waals surface area contributed by atoms with Crippen molar-refractivity contribution in [1.29, 1.82) is 0 Å². The van der Waals surface area contributed by atoms with Gasteiger partial charge in [-0.1, -0.05) is 6.42 Å². The van der Waals surface area contributed by atoms with E-state index in [0.717, 1.165) is 25.0 Å². The van der Waals surface area contributed by atoms with Crippen molar-refractivity contribution in [2.24, 2.45) is 5.92 Å². The molecule has 1 heterocycles. The van der Waals surface area contributed by atoms with Gasteiger partial charge in [0.05, 0.1) is 16.1 Å². The summed E-state index contributed by atoms with van der Waals surface area (Å²) >= 11 is 3.41. The average molecular weight is 342 g/mol. The zero-order chi connectivity index (χ0) is 14.3.